The lowest BCUT2D eigenvalue weighted by atomic mass is 9.97. The summed E-state index contributed by atoms with van der Waals surface area (Å²) in [7, 11) is 1.99. The molecule has 2 heterocycles. The first-order chi connectivity index (χ1) is 22.9. The van der Waals surface area contributed by atoms with Crippen molar-refractivity contribution >= 4 is 23.6 Å². The minimum absolute atomic E-state index is 0.00441. The van der Waals surface area contributed by atoms with E-state index in [2.05, 4.69) is 45.9 Å². The van der Waals surface area contributed by atoms with E-state index in [0.29, 0.717) is 25.9 Å². The fourth-order valence-electron chi connectivity index (χ4n) is 5.59. The third-order valence-corrected chi connectivity index (χ3v) is 9.42. The summed E-state index contributed by atoms with van der Waals surface area (Å²) in [5.41, 5.74) is 6.01. The molecule has 0 bridgehead atoms. The van der Waals surface area contributed by atoms with Crippen molar-refractivity contribution in [1.29, 1.82) is 0 Å². The first-order valence-electron chi connectivity index (χ1n) is 16.2. The van der Waals surface area contributed by atoms with Gasteiger partial charge in [-0.15, -0.1) is 0 Å². The van der Waals surface area contributed by atoms with E-state index in [4.69, 9.17) is 9.47 Å². The number of aryl methyl sites for hydroxylation is 1. The Kier molecular flexibility index (Phi) is 12.6. The molecule has 3 N–H and O–H groups in total. The van der Waals surface area contributed by atoms with Crippen LogP contribution in [0.2, 0.25) is 0 Å². The van der Waals surface area contributed by atoms with Gasteiger partial charge < -0.3 is 29.8 Å². The van der Waals surface area contributed by atoms with E-state index in [0.717, 1.165) is 63.6 Å². The Morgan fingerprint density at radius 2 is 1.72 bits per heavy atom. The molecule has 248 valence electrons. The van der Waals surface area contributed by atoms with Gasteiger partial charge in [-0.2, -0.15) is 0 Å². The average Bonchev–Trinajstić information content (AvgIpc) is 3.52. The number of hydrogen-bond acceptors (Lipinski definition) is 7. The zero-order chi connectivity index (χ0) is 33.0. The molecule has 0 aliphatic carbocycles. The number of nitrogens with zero attached hydrogens (tertiary/aromatic N) is 2. The lowest BCUT2D eigenvalue weighted by Crippen LogP contribution is -2.31. The Labute approximate surface area is 281 Å². The van der Waals surface area contributed by atoms with Gasteiger partial charge in [0.25, 0.3) is 0 Å². The Balaban J connectivity index is 1.23. The molecule has 1 aliphatic rings. The number of hydrogen-bond donors (Lipinski definition) is 3. The predicted molar refractivity (Wildman–Crippen MR) is 183 cm³/mol. The first kappa shape index (κ1) is 34.4. The van der Waals surface area contributed by atoms with Crippen molar-refractivity contribution in [2.75, 3.05) is 12.3 Å². The highest BCUT2D eigenvalue weighted by Crippen LogP contribution is 2.40. The average molecular weight is 657 g/mol. The zero-order valence-corrected chi connectivity index (χ0v) is 27.9. The normalized spacial score (nSPS) is 17.7. The van der Waals surface area contributed by atoms with Crippen molar-refractivity contribution in [3.8, 4) is 11.1 Å². The topological polar surface area (TPSA) is 115 Å². The number of carbonyl (C=O) groups excluding carboxylic acids is 2. The van der Waals surface area contributed by atoms with Crippen LogP contribution >= 0.6 is 11.8 Å². The van der Waals surface area contributed by atoms with Gasteiger partial charge >= 0.3 is 0 Å². The summed E-state index contributed by atoms with van der Waals surface area (Å²) < 4.78 is 15.1. The second kappa shape index (κ2) is 17.3. The Morgan fingerprint density at radius 3 is 2.45 bits per heavy atom. The molecule has 1 fully saturated rings. The van der Waals surface area contributed by atoms with Crippen LogP contribution in [0.15, 0.2) is 90.3 Å². The van der Waals surface area contributed by atoms with Crippen LogP contribution in [0.3, 0.4) is 0 Å². The molecule has 1 aliphatic heterocycles. The van der Waals surface area contributed by atoms with E-state index in [1.807, 2.05) is 60.3 Å². The third-order valence-electron chi connectivity index (χ3n) is 8.23. The fourth-order valence-corrected chi connectivity index (χ4v) is 6.54. The van der Waals surface area contributed by atoms with Crippen LogP contribution in [0, 0.1) is 0 Å². The number of thioether (sulfide) groups is 1. The van der Waals surface area contributed by atoms with Crippen LogP contribution in [0.5, 0.6) is 0 Å². The molecule has 1 aromatic heterocycles. The van der Waals surface area contributed by atoms with Crippen molar-refractivity contribution in [3.63, 3.8) is 0 Å². The number of amides is 2. The highest BCUT2D eigenvalue weighted by molar-refractivity contribution is 7.99. The lowest BCUT2D eigenvalue weighted by molar-refractivity contribution is -0.245. The van der Waals surface area contributed by atoms with Gasteiger partial charge in [-0.05, 0) is 40.7 Å². The monoisotopic (exact) mass is 656 g/mol. The first-order valence-corrected chi connectivity index (χ1v) is 17.2. The van der Waals surface area contributed by atoms with Crippen LogP contribution in [0.1, 0.15) is 73.7 Å². The van der Waals surface area contributed by atoms with E-state index >= 15 is 0 Å². The van der Waals surface area contributed by atoms with Gasteiger partial charge in [0.05, 0.1) is 18.8 Å². The molecule has 0 radical (unpaired) electrons. The summed E-state index contributed by atoms with van der Waals surface area (Å²) in [4.78, 5) is 27.9. The molecule has 1 saturated heterocycles. The second-order valence-electron chi connectivity index (χ2n) is 11.8. The molecular weight excluding hydrogens is 612 g/mol. The third kappa shape index (κ3) is 10.0. The number of rotatable bonds is 15. The molecule has 10 heteroatoms. The minimum atomic E-state index is -0.542. The molecular formula is C37H44N4O5S. The number of benzene rings is 3. The maximum atomic E-state index is 12.5. The number of nitrogens with one attached hydrogen (secondary N) is 2. The number of ether oxygens (including phenoxy) is 2. The summed E-state index contributed by atoms with van der Waals surface area (Å²) >= 11 is 1.67. The van der Waals surface area contributed by atoms with Gasteiger partial charge in [-0.3, -0.25) is 9.59 Å². The Morgan fingerprint density at radius 1 is 0.957 bits per heavy atom. The van der Waals surface area contributed by atoms with Crippen molar-refractivity contribution in [1.82, 2.24) is 20.2 Å². The summed E-state index contributed by atoms with van der Waals surface area (Å²) in [6.07, 6.45) is 6.71. The van der Waals surface area contributed by atoms with Gasteiger partial charge in [0.1, 0.15) is 0 Å². The predicted octanol–water partition coefficient (Wildman–Crippen LogP) is 6.23. The van der Waals surface area contributed by atoms with Crippen molar-refractivity contribution in [2.24, 2.45) is 7.05 Å². The van der Waals surface area contributed by atoms with Crippen LogP contribution in [-0.4, -0.2) is 44.9 Å². The Bertz CT molecular complexity index is 1590. The maximum absolute atomic E-state index is 12.5. The standard InChI is InChI=1S/C37H44N4O5S/c1-26(43)38-19-7-3-4-10-35(44)40-23-31-8-5-6-9-33(31)28-15-17-30(18-16-28)36-45-32(25-47-37-39-20-21-41(37)2)22-34(46-36)29-13-11-27(24-42)12-14-29/h5-6,8-9,11-18,20-21,32,34,36,42H,3-4,7,10,19,22-25H2,1-2H3,(H,38,43)(H,40,44)/t32-,34+,36+/m1/s1. The molecule has 0 unspecified atom stereocenters. The number of imidazole rings is 1. The van der Waals surface area contributed by atoms with E-state index in [1.165, 1.54) is 6.92 Å². The lowest BCUT2D eigenvalue weighted by Gasteiger charge is -2.36. The fraction of sp³-hybridized carbons (Fsp3) is 0.378. The minimum Gasteiger partial charge on any atom is -0.392 e. The molecule has 5 rings (SSSR count). The maximum Gasteiger partial charge on any atom is 0.220 e. The van der Waals surface area contributed by atoms with Crippen molar-refractivity contribution < 1.29 is 24.2 Å². The molecule has 0 saturated carbocycles. The summed E-state index contributed by atoms with van der Waals surface area (Å²) in [5.74, 6) is 0.740. The smallest absolute Gasteiger partial charge is 0.220 e. The highest BCUT2D eigenvalue weighted by atomic mass is 32.2. The van der Waals surface area contributed by atoms with Gasteiger partial charge in [0.2, 0.25) is 11.8 Å². The molecule has 9 nitrogen and oxygen atoms in total. The number of aliphatic hydroxyl groups is 1. The largest absolute Gasteiger partial charge is 0.392 e. The molecule has 47 heavy (non-hydrogen) atoms. The molecule has 3 aromatic carbocycles. The molecule has 0 spiro atoms. The Hall–Kier alpha value is -3.96. The number of carbonyl (C=O) groups is 2. The molecule has 4 aromatic rings. The van der Waals surface area contributed by atoms with E-state index in [9.17, 15) is 14.7 Å². The number of aromatic nitrogens is 2. The molecule has 3 atom stereocenters. The van der Waals surface area contributed by atoms with Gasteiger partial charge in [0.15, 0.2) is 11.4 Å². The van der Waals surface area contributed by atoms with Crippen molar-refractivity contribution in [2.45, 2.75) is 75.8 Å². The van der Waals surface area contributed by atoms with E-state index in [-0.39, 0.29) is 30.6 Å². The summed E-state index contributed by atoms with van der Waals surface area (Å²) in [6, 6.07) is 24.3. The SMILES string of the molecule is CC(=O)NCCCCCC(=O)NCc1ccccc1-c1ccc([C@H]2O[C@@H](CSc3nccn3C)C[C@@H](c3ccc(CO)cc3)O2)cc1. The van der Waals surface area contributed by atoms with E-state index < -0.39 is 6.29 Å². The van der Waals surface area contributed by atoms with Crippen LogP contribution in [0.25, 0.3) is 11.1 Å². The number of aliphatic hydroxyl groups excluding tert-OH is 1. The highest BCUT2D eigenvalue weighted by Gasteiger charge is 2.32. The van der Waals surface area contributed by atoms with E-state index in [1.54, 1.807) is 18.0 Å². The van der Waals surface area contributed by atoms with Gasteiger partial charge in [0, 0.05) is 63.6 Å². The van der Waals surface area contributed by atoms with Crippen molar-refractivity contribution in [3.05, 3.63) is 107 Å². The van der Waals surface area contributed by atoms with Gasteiger partial charge in [-0.25, -0.2) is 4.98 Å². The summed E-state index contributed by atoms with van der Waals surface area (Å²) in [5, 5.41) is 16.3. The zero-order valence-electron chi connectivity index (χ0n) is 27.1. The van der Waals surface area contributed by atoms with Crippen LogP contribution in [0.4, 0.5) is 0 Å². The van der Waals surface area contributed by atoms with Crippen LogP contribution < -0.4 is 10.6 Å². The number of unbranched alkanes of at least 4 members (excludes halogenated alkanes) is 2. The molecule has 2 amide bonds. The quantitative estimate of drug-likeness (QED) is 0.103. The second-order valence-corrected chi connectivity index (χ2v) is 12.8. The van der Waals surface area contributed by atoms with Gasteiger partial charge in [-0.1, -0.05) is 91.0 Å². The summed E-state index contributed by atoms with van der Waals surface area (Å²) in [6.45, 7) is 2.61. The van der Waals surface area contributed by atoms with Crippen LogP contribution in [-0.2, 0) is 39.3 Å².